The second-order valence-corrected chi connectivity index (χ2v) is 6.62. The molecule has 2 aromatic rings. The van der Waals surface area contributed by atoms with Crippen LogP contribution in [0, 0.1) is 11.7 Å². The van der Waals surface area contributed by atoms with E-state index in [9.17, 15) is 9.18 Å². The molecule has 0 aliphatic carbocycles. The quantitative estimate of drug-likeness (QED) is 0.806. The topological polar surface area (TPSA) is 79.9 Å². The highest BCUT2D eigenvalue weighted by Gasteiger charge is 2.22. The van der Waals surface area contributed by atoms with E-state index in [0.29, 0.717) is 31.8 Å². The van der Waals surface area contributed by atoms with E-state index in [1.165, 1.54) is 12.1 Å². The molecule has 1 aliphatic heterocycles. The Kier molecular flexibility index (Phi) is 5.75. The van der Waals surface area contributed by atoms with Crippen molar-refractivity contribution in [1.82, 2.24) is 20.5 Å². The molecule has 0 bridgehead atoms. The summed E-state index contributed by atoms with van der Waals surface area (Å²) in [6.45, 7) is 3.71. The second kappa shape index (κ2) is 8.20. The summed E-state index contributed by atoms with van der Waals surface area (Å²) in [6.07, 6.45) is 1.98. The Morgan fingerprint density at radius 1 is 1.52 bits per heavy atom. The molecule has 1 aromatic heterocycles. The van der Waals surface area contributed by atoms with Crippen LogP contribution in [0.4, 0.5) is 4.39 Å². The molecule has 6 nitrogen and oxygen atoms in total. The molecule has 0 radical (unpaired) electrons. The van der Waals surface area contributed by atoms with Gasteiger partial charge in [0.05, 0.1) is 13.2 Å². The number of H-pyrrole nitrogens is 1. The third-order valence-corrected chi connectivity index (χ3v) is 4.30. The fraction of sp³-hybridized carbons (Fsp3) is 0.500. The average Bonchev–Trinajstić information content (AvgIpc) is 3.24. The van der Waals surface area contributed by atoms with Crippen molar-refractivity contribution >= 4 is 5.91 Å². The highest BCUT2D eigenvalue weighted by atomic mass is 19.1. The lowest BCUT2D eigenvalue weighted by Crippen LogP contribution is -2.25. The van der Waals surface area contributed by atoms with Gasteiger partial charge in [-0.25, -0.2) is 9.37 Å². The van der Waals surface area contributed by atoms with E-state index in [1.54, 1.807) is 6.07 Å². The first-order valence-electron chi connectivity index (χ1n) is 8.60. The van der Waals surface area contributed by atoms with Crippen molar-refractivity contribution in [2.24, 2.45) is 5.92 Å². The van der Waals surface area contributed by atoms with E-state index in [2.05, 4.69) is 20.5 Å². The summed E-state index contributed by atoms with van der Waals surface area (Å²) in [5.41, 5.74) is 0.902. The third-order valence-electron chi connectivity index (χ3n) is 4.30. The van der Waals surface area contributed by atoms with Crippen molar-refractivity contribution in [1.29, 1.82) is 0 Å². The Morgan fingerprint density at radius 3 is 3.16 bits per heavy atom. The molecular weight excluding hydrogens is 323 g/mol. The summed E-state index contributed by atoms with van der Waals surface area (Å²) < 4.78 is 18.5. The molecule has 1 aliphatic rings. The number of nitrogens with one attached hydrogen (secondary N) is 2. The minimum absolute atomic E-state index is 0.0500. The highest BCUT2D eigenvalue weighted by Crippen LogP contribution is 2.21. The molecule has 1 amide bonds. The van der Waals surface area contributed by atoms with Gasteiger partial charge >= 0.3 is 0 Å². The number of aromatic nitrogens is 3. The first kappa shape index (κ1) is 17.5. The number of halogens is 1. The molecule has 3 rings (SSSR count). The minimum atomic E-state index is -0.247. The maximum absolute atomic E-state index is 13.2. The second-order valence-electron chi connectivity index (χ2n) is 6.62. The van der Waals surface area contributed by atoms with Crippen LogP contribution in [0.1, 0.15) is 42.9 Å². The third kappa shape index (κ3) is 5.09. The lowest BCUT2D eigenvalue weighted by atomic mass is 9.98. The van der Waals surface area contributed by atoms with Crippen LogP contribution in [0.15, 0.2) is 24.3 Å². The smallest absolute Gasteiger partial charge is 0.220 e. The number of hydrogen-bond donors (Lipinski definition) is 2. The van der Waals surface area contributed by atoms with Gasteiger partial charge in [0.25, 0.3) is 0 Å². The average molecular weight is 346 g/mol. The number of hydrogen-bond acceptors (Lipinski definition) is 4. The van der Waals surface area contributed by atoms with Crippen molar-refractivity contribution in [2.75, 3.05) is 13.2 Å². The van der Waals surface area contributed by atoms with E-state index in [-0.39, 0.29) is 23.6 Å². The van der Waals surface area contributed by atoms with Crippen molar-refractivity contribution in [3.8, 4) is 0 Å². The standard InChI is InChI=1S/C18H23FN4O2/c1-12(7-13-3-2-4-15(19)9-13)8-17(24)20-10-16-21-18(23-22-16)14-5-6-25-11-14/h2-4,9,12,14H,5-8,10-11H2,1H3,(H,20,24)(H,21,22,23). The molecule has 0 saturated carbocycles. The van der Waals surface area contributed by atoms with Gasteiger partial charge < -0.3 is 10.1 Å². The van der Waals surface area contributed by atoms with Gasteiger partial charge in [0.15, 0.2) is 5.82 Å². The van der Waals surface area contributed by atoms with Crippen LogP contribution in [-0.4, -0.2) is 34.3 Å². The van der Waals surface area contributed by atoms with E-state index in [4.69, 9.17) is 4.74 Å². The van der Waals surface area contributed by atoms with E-state index < -0.39 is 0 Å². The zero-order chi connectivity index (χ0) is 17.6. The summed E-state index contributed by atoms with van der Waals surface area (Å²) in [5.74, 6) is 1.47. The maximum Gasteiger partial charge on any atom is 0.220 e. The number of benzene rings is 1. The Hall–Kier alpha value is -2.28. The number of carbonyl (C=O) groups excluding carboxylic acids is 1. The largest absolute Gasteiger partial charge is 0.381 e. The first-order chi connectivity index (χ1) is 12.1. The molecule has 2 unspecified atom stereocenters. The lowest BCUT2D eigenvalue weighted by Gasteiger charge is -2.11. The zero-order valence-electron chi connectivity index (χ0n) is 14.3. The van der Waals surface area contributed by atoms with Gasteiger partial charge in [0.2, 0.25) is 5.91 Å². The monoisotopic (exact) mass is 346 g/mol. The van der Waals surface area contributed by atoms with Gasteiger partial charge in [-0.15, -0.1) is 0 Å². The molecule has 0 spiro atoms. The summed E-state index contributed by atoms with van der Waals surface area (Å²) >= 11 is 0. The van der Waals surface area contributed by atoms with Crippen LogP contribution in [0.2, 0.25) is 0 Å². The normalized spacial score (nSPS) is 18.2. The Morgan fingerprint density at radius 2 is 2.40 bits per heavy atom. The molecule has 1 fully saturated rings. The van der Waals surface area contributed by atoms with Crippen LogP contribution in [0.5, 0.6) is 0 Å². The SMILES string of the molecule is CC(CC(=O)NCc1nc(C2CCOC2)n[nH]1)Cc1cccc(F)c1. The molecule has 134 valence electrons. The van der Waals surface area contributed by atoms with Gasteiger partial charge in [0.1, 0.15) is 11.6 Å². The predicted octanol–water partition coefficient (Wildman–Crippen LogP) is 2.33. The lowest BCUT2D eigenvalue weighted by molar-refractivity contribution is -0.122. The first-order valence-corrected chi connectivity index (χ1v) is 8.60. The molecule has 2 atom stereocenters. The van der Waals surface area contributed by atoms with E-state index >= 15 is 0 Å². The van der Waals surface area contributed by atoms with E-state index in [0.717, 1.165) is 24.4 Å². The van der Waals surface area contributed by atoms with Crippen molar-refractivity contribution in [2.45, 2.75) is 38.6 Å². The molecule has 7 heteroatoms. The Labute approximate surface area is 146 Å². The Bertz CT molecular complexity index is 713. The van der Waals surface area contributed by atoms with Crippen molar-refractivity contribution in [3.05, 3.63) is 47.3 Å². The summed E-state index contributed by atoms with van der Waals surface area (Å²) in [5, 5.41) is 9.92. The van der Waals surface area contributed by atoms with E-state index in [1.807, 2.05) is 13.0 Å². The number of carbonyl (C=O) groups is 1. The Balaban J connectivity index is 1.43. The van der Waals surface area contributed by atoms with Crippen LogP contribution in [-0.2, 0) is 22.5 Å². The van der Waals surface area contributed by atoms with Crippen molar-refractivity contribution in [3.63, 3.8) is 0 Å². The molecule has 2 heterocycles. The fourth-order valence-corrected chi connectivity index (χ4v) is 3.02. The summed E-state index contributed by atoms with van der Waals surface area (Å²) in [7, 11) is 0. The van der Waals surface area contributed by atoms with Crippen LogP contribution < -0.4 is 5.32 Å². The number of ether oxygens (including phenoxy) is 1. The van der Waals surface area contributed by atoms with Crippen LogP contribution in [0.3, 0.4) is 0 Å². The number of aromatic amines is 1. The van der Waals surface area contributed by atoms with Crippen LogP contribution >= 0.6 is 0 Å². The highest BCUT2D eigenvalue weighted by molar-refractivity contribution is 5.76. The van der Waals surface area contributed by atoms with Gasteiger partial charge in [-0.3, -0.25) is 9.89 Å². The van der Waals surface area contributed by atoms with Crippen LogP contribution in [0.25, 0.3) is 0 Å². The maximum atomic E-state index is 13.2. The molecule has 25 heavy (non-hydrogen) atoms. The number of amides is 1. The van der Waals surface area contributed by atoms with Crippen molar-refractivity contribution < 1.29 is 13.9 Å². The fourth-order valence-electron chi connectivity index (χ4n) is 3.02. The molecule has 1 aromatic carbocycles. The predicted molar refractivity (Wildman–Crippen MR) is 90.3 cm³/mol. The molecular formula is C18H23FN4O2. The number of rotatable bonds is 7. The van der Waals surface area contributed by atoms with Gasteiger partial charge in [-0.1, -0.05) is 19.1 Å². The van der Waals surface area contributed by atoms with Gasteiger partial charge in [-0.05, 0) is 36.5 Å². The number of nitrogens with zero attached hydrogens (tertiary/aromatic N) is 2. The minimum Gasteiger partial charge on any atom is -0.381 e. The molecule has 1 saturated heterocycles. The summed E-state index contributed by atoms with van der Waals surface area (Å²) in [4.78, 5) is 16.5. The van der Waals surface area contributed by atoms with Gasteiger partial charge in [0, 0.05) is 18.9 Å². The molecule has 2 N–H and O–H groups in total. The zero-order valence-corrected chi connectivity index (χ0v) is 14.3. The van der Waals surface area contributed by atoms with Gasteiger partial charge in [-0.2, -0.15) is 5.10 Å². The summed E-state index contributed by atoms with van der Waals surface area (Å²) in [6, 6.07) is 6.50.